The average Bonchev–Trinajstić information content (AvgIpc) is 3.64. The highest BCUT2D eigenvalue weighted by Gasteiger charge is 2.17. The van der Waals surface area contributed by atoms with Crippen molar-refractivity contribution in [2.75, 3.05) is 0 Å². The second-order valence-corrected chi connectivity index (χ2v) is 11.0. The van der Waals surface area contributed by atoms with Crippen LogP contribution >= 0.6 is 0 Å². The fraction of sp³-hybridized carbons (Fsp3) is 0. The van der Waals surface area contributed by atoms with Crippen LogP contribution in [0.15, 0.2) is 158 Å². The van der Waals surface area contributed by atoms with Crippen LogP contribution in [0.1, 0.15) is 0 Å². The summed E-state index contributed by atoms with van der Waals surface area (Å²) in [7, 11) is 0. The molecule has 0 bridgehead atoms. The molecule has 0 aliphatic rings. The number of fused-ring (bicyclic) bond motifs is 8. The van der Waals surface area contributed by atoms with Crippen molar-refractivity contribution in [2.24, 2.45) is 0 Å². The lowest BCUT2D eigenvalue weighted by atomic mass is 9.97. The van der Waals surface area contributed by atoms with E-state index in [1.165, 1.54) is 71.1 Å². The highest BCUT2D eigenvalue weighted by Crippen LogP contribution is 2.38. The number of aromatic nitrogens is 2. The average molecular weight is 535 g/mol. The van der Waals surface area contributed by atoms with E-state index >= 15 is 0 Å². The Kier molecular flexibility index (Phi) is 4.93. The first-order chi connectivity index (χ1) is 20.8. The van der Waals surface area contributed by atoms with Crippen LogP contribution in [0.25, 0.3) is 76.8 Å². The molecule has 2 heteroatoms. The number of benzene rings is 7. The molecular formula is C40H26N2. The molecule has 9 aromatic rings. The normalized spacial score (nSPS) is 11.8. The molecule has 2 heterocycles. The van der Waals surface area contributed by atoms with E-state index in [4.69, 9.17) is 0 Å². The van der Waals surface area contributed by atoms with Crippen LogP contribution in [0, 0.1) is 0 Å². The van der Waals surface area contributed by atoms with Crippen molar-refractivity contribution in [3.05, 3.63) is 158 Å². The second kappa shape index (κ2) is 8.95. The van der Waals surface area contributed by atoms with Crippen LogP contribution in [-0.4, -0.2) is 9.13 Å². The lowest BCUT2D eigenvalue weighted by Gasteiger charge is -2.11. The first-order valence-corrected chi connectivity index (χ1v) is 14.4. The van der Waals surface area contributed by atoms with Gasteiger partial charge in [0.25, 0.3) is 0 Å². The summed E-state index contributed by atoms with van der Waals surface area (Å²) in [4.78, 5) is 0. The number of hydrogen-bond acceptors (Lipinski definition) is 0. The zero-order valence-electron chi connectivity index (χ0n) is 22.9. The fourth-order valence-corrected chi connectivity index (χ4v) is 6.75. The van der Waals surface area contributed by atoms with Gasteiger partial charge < -0.3 is 9.13 Å². The smallest absolute Gasteiger partial charge is 0.0635 e. The molecule has 0 unspecified atom stereocenters. The zero-order valence-corrected chi connectivity index (χ0v) is 22.9. The van der Waals surface area contributed by atoms with Crippen LogP contribution in [0.5, 0.6) is 0 Å². The molecule has 0 saturated carbocycles. The van der Waals surface area contributed by atoms with E-state index in [1.54, 1.807) is 0 Å². The van der Waals surface area contributed by atoms with Gasteiger partial charge >= 0.3 is 0 Å². The van der Waals surface area contributed by atoms with Gasteiger partial charge in [-0.3, -0.25) is 0 Å². The van der Waals surface area contributed by atoms with Gasteiger partial charge in [0.1, 0.15) is 0 Å². The van der Waals surface area contributed by atoms with E-state index in [9.17, 15) is 0 Å². The predicted octanol–water partition coefficient (Wildman–Crippen LogP) is 10.7. The van der Waals surface area contributed by atoms with Crippen molar-refractivity contribution in [1.82, 2.24) is 9.13 Å². The SMILES string of the molecule is c1ccc(-n2ccc3c2ccc2c4ccccc4n(-c4ccc(-c5ccc6c(ccc7ccccc76)c5)cc4)c23)cc1. The summed E-state index contributed by atoms with van der Waals surface area (Å²) >= 11 is 0. The van der Waals surface area contributed by atoms with E-state index in [-0.39, 0.29) is 0 Å². The number of hydrogen-bond donors (Lipinski definition) is 0. The fourth-order valence-electron chi connectivity index (χ4n) is 6.75. The van der Waals surface area contributed by atoms with Gasteiger partial charge in [0, 0.05) is 33.7 Å². The van der Waals surface area contributed by atoms with Crippen LogP contribution in [0.3, 0.4) is 0 Å². The maximum atomic E-state index is 2.43. The van der Waals surface area contributed by atoms with E-state index < -0.39 is 0 Å². The molecule has 2 nitrogen and oxygen atoms in total. The van der Waals surface area contributed by atoms with Crippen molar-refractivity contribution in [2.45, 2.75) is 0 Å². The standard InChI is InChI=1S/C40H26N2/c1-2-9-31(10-3-1)41-25-24-37-38(41)23-22-36-35-12-6-7-13-39(35)42(40(36)37)32-19-16-27(17-20-32)29-18-21-34-30(26-29)15-14-28-8-4-5-11-33(28)34/h1-26H. The number of nitrogens with zero attached hydrogens (tertiary/aromatic N) is 2. The molecule has 0 amide bonds. The Bertz CT molecular complexity index is 2440. The molecule has 0 aliphatic heterocycles. The van der Waals surface area contributed by atoms with E-state index in [2.05, 4.69) is 167 Å². The first kappa shape index (κ1) is 23.1. The van der Waals surface area contributed by atoms with Crippen molar-refractivity contribution in [3.8, 4) is 22.5 Å². The molecule has 9 rings (SSSR count). The summed E-state index contributed by atoms with van der Waals surface area (Å²) in [5, 5.41) is 8.94. The molecule has 0 spiro atoms. The molecule has 0 aliphatic carbocycles. The maximum absolute atomic E-state index is 2.43. The molecule has 0 saturated heterocycles. The molecule has 7 aromatic carbocycles. The quantitative estimate of drug-likeness (QED) is 0.200. The Hall–Kier alpha value is -5.60. The summed E-state index contributed by atoms with van der Waals surface area (Å²) in [6.45, 7) is 0. The van der Waals surface area contributed by atoms with Crippen molar-refractivity contribution in [3.63, 3.8) is 0 Å². The molecule has 196 valence electrons. The molecule has 0 fully saturated rings. The van der Waals surface area contributed by atoms with Crippen molar-refractivity contribution >= 4 is 54.3 Å². The minimum Gasteiger partial charge on any atom is -0.316 e. The molecule has 0 atom stereocenters. The Labute approximate surface area is 243 Å². The minimum atomic E-state index is 1.16. The molecule has 2 aromatic heterocycles. The van der Waals surface area contributed by atoms with Gasteiger partial charge in [-0.1, -0.05) is 103 Å². The van der Waals surface area contributed by atoms with Gasteiger partial charge in [-0.05, 0) is 81.2 Å². The lowest BCUT2D eigenvalue weighted by molar-refractivity contribution is 1.13. The zero-order chi connectivity index (χ0) is 27.6. The topological polar surface area (TPSA) is 9.86 Å². The van der Waals surface area contributed by atoms with Crippen molar-refractivity contribution in [1.29, 1.82) is 0 Å². The summed E-state index contributed by atoms with van der Waals surface area (Å²) in [6.07, 6.45) is 2.19. The second-order valence-electron chi connectivity index (χ2n) is 11.0. The highest BCUT2D eigenvalue weighted by molar-refractivity contribution is 6.18. The van der Waals surface area contributed by atoms with E-state index in [0.717, 1.165) is 5.69 Å². The summed E-state index contributed by atoms with van der Waals surface area (Å²) < 4.78 is 4.71. The Balaban J connectivity index is 1.21. The minimum absolute atomic E-state index is 1.16. The largest absolute Gasteiger partial charge is 0.316 e. The summed E-state index contributed by atoms with van der Waals surface area (Å²) in [5.41, 5.74) is 8.45. The Morgan fingerprint density at radius 2 is 1.05 bits per heavy atom. The van der Waals surface area contributed by atoms with Gasteiger partial charge in [0.05, 0.1) is 16.6 Å². The van der Waals surface area contributed by atoms with E-state index in [1.807, 2.05) is 0 Å². The molecule has 0 radical (unpaired) electrons. The van der Waals surface area contributed by atoms with Gasteiger partial charge in [0.15, 0.2) is 0 Å². The van der Waals surface area contributed by atoms with Crippen LogP contribution < -0.4 is 0 Å². The van der Waals surface area contributed by atoms with Gasteiger partial charge in [-0.2, -0.15) is 0 Å². The third kappa shape index (κ3) is 3.39. The number of para-hydroxylation sites is 2. The predicted molar refractivity (Wildman–Crippen MR) is 178 cm³/mol. The van der Waals surface area contributed by atoms with Crippen LogP contribution in [0.2, 0.25) is 0 Å². The molecular weight excluding hydrogens is 508 g/mol. The monoisotopic (exact) mass is 534 g/mol. The number of rotatable bonds is 3. The third-order valence-electron chi connectivity index (χ3n) is 8.74. The first-order valence-electron chi connectivity index (χ1n) is 14.4. The summed E-state index contributed by atoms with van der Waals surface area (Å²) in [6, 6.07) is 55.0. The van der Waals surface area contributed by atoms with Crippen LogP contribution in [-0.2, 0) is 0 Å². The lowest BCUT2D eigenvalue weighted by Crippen LogP contribution is -1.95. The summed E-state index contributed by atoms with van der Waals surface area (Å²) in [5.74, 6) is 0. The van der Waals surface area contributed by atoms with Gasteiger partial charge in [-0.25, -0.2) is 0 Å². The van der Waals surface area contributed by atoms with Gasteiger partial charge in [-0.15, -0.1) is 0 Å². The van der Waals surface area contributed by atoms with E-state index in [0.29, 0.717) is 0 Å². The Morgan fingerprint density at radius 1 is 0.357 bits per heavy atom. The third-order valence-corrected chi connectivity index (χ3v) is 8.74. The van der Waals surface area contributed by atoms with Gasteiger partial charge in [0.2, 0.25) is 0 Å². The molecule has 0 N–H and O–H groups in total. The molecule has 42 heavy (non-hydrogen) atoms. The Morgan fingerprint density at radius 3 is 1.93 bits per heavy atom. The van der Waals surface area contributed by atoms with Crippen LogP contribution in [0.4, 0.5) is 0 Å². The van der Waals surface area contributed by atoms with Crippen molar-refractivity contribution < 1.29 is 0 Å². The maximum Gasteiger partial charge on any atom is 0.0635 e. The highest BCUT2D eigenvalue weighted by atomic mass is 15.0.